The molecule has 0 aliphatic carbocycles. The first kappa shape index (κ1) is 22.7. The Kier molecular flexibility index (Phi) is 6.25. The number of phenolic OH excluding ortho intramolecular Hbond substituents is 1. The molecule has 6 nitrogen and oxygen atoms in total. The number of nitrogens with one attached hydrogen (secondary N) is 1. The van der Waals surface area contributed by atoms with Gasteiger partial charge < -0.3 is 19.9 Å². The first-order valence-corrected chi connectivity index (χ1v) is 11.7. The Morgan fingerprint density at radius 2 is 1.74 bits per heavy atom. The summed E-state index contributed by atoms with van der Waals surface area (Å²) in [6.45, 7) is 0. The van der Waals surface area contributed by atoms with Gasteiger partial charge in [0, 0.05) is 18.1 Å². The molecule has 0 aromatic heterocycles. The number of anilines is 1. The van der Waals surface area contributed by atoms with Crippen LogP contribution in [-0.4, -0.2) is 35.2 Å². The van der Waals surface area contributed by atoms with Gasteiger partial charge in [-0.25, -0.2) is 5.01 Å². The summed E-state index contributed by atoms with van der Waals surface area (Å²) >= 11 is 5.85. The van der Waals surface area contributed by atoms with E-state index in [2.05, 4.69) is 35.6 Å². The minimum Gasteiger partial charge on any atom is -0.507 e. The summed E-state index contributed by atoms with van der Waals surface area (Å²) in [6, 6.07) is 27.2. The molecule has 1 heterocycles. The Morgan fingerprint density at radius 3 is 2.54 bits per heavy atom. The number of hydrazone groups is 1. The summed E-state index contributed by atoms with van der Waals surface area (Å²) in [5, 5.41) is 23.4. The lowest BCUT2D eigenvalue weighted by Gasteiger charge is -2.26. The van der Waals surface area contributed by atoms with Crippen molar-refractivity contribution in [1.29, 1.82) is 0 Å². The maximum absolute atomic E-state index is 10.7. The lowest BCUT2D eigenvalue weighted by Crippen LogP contribution is -2.31. The van der Waals surface area contributed by atoms with Gasteiger partial charge in [0.1, 0.15) is 17.2 Å². The van der Waals surface area contributed by atoms with Crippen LogP contribution in [0.4, 0.5) is 5.69 Å². The zero-order valence-corrected chi connectivity index (χ0v) is 20.3. The predicted octanol–water partition coefficient (Wildman–Crippen LogP) is 6.11. The third kappa shape index (κ3) is 4.38. The molecule has 4 aromatic carbocycles. The Balaban J connectivity index is 1.57. The average Bonchev–Trinajstić information content (AvgIpc) is 3.33. The molecule has 0 amide bonds. The van der Waals surface area contributed by atoms with Gasteiger partial charge in [-0.05, 0) is 52.8 Å². The summed E-state index contributed by atoms with van der Waals surface area (Å²) < 4.78 is 10.7. The largest absolute Gasteiger partial charge is 0.507 e. The molecule has 1 unspecified atom stereocenters. The molecule has 176 valence electrons. The highest BCUT2D eigenvalue weighted by molar-refractivity contribution is 7.80. The Labute approximate surface area is 209 Å². The van der Waals surface area contributed by atoms with Crippen molar-refractivity contribution in [3.05, 3.63) is 96.1 Å². The number of methoxy groups -OCH3 is 2. The number of hydrogen-bond acceptors (Lipinski definition) is 5. The van der Waals surface area contributed by atoms with Crippen molar-refractivity contribution in [1.82, 2.24) is 5.01 Å². The molecule has 0 radical (unpaired) electrons. The molecule has 0 saturated heterocycles. The minimum atomic E-state index is -0.160. The van der Waals surface area contributed by atoms with Crippen molar-refractivity contribution >= 4 is 39.5 Å². The summed E-state index contributed by atoms with van der Waals surface area (Å²) in [6.07, 6.45) is 0.571. The minimum absolute atomic E-state index is 0.116. The molecule has 1 atom stereocenters. The van der Waals surface area contributed by atoms with Crippen molar-refractivity contribution in [2.24, 2.45) is 5.10 Å². The van der Waals surface area contributed by atoms with Gasteiger partial charge in [0.15, 0.2) is 5.11 Å². The van der Waals surface area contributed by atoms with Crippen LogP contribution in [0.2, 0.25) is 0 Å². The summed E-state index contributed by atoms with van der Waals surface area (Å²) in [5.74, 6) is 1.39. The van der Waals surface area contributed by atoms with E-state index in [-0.39, 0.29) is 11.8 Å². The number of nitrogens with zero attached hydrogens (tertiary/aromatic N) is 2. The highest BCUT2D eigenvalue weighted by Crippen LogP contribution is 2.39. The molecule has 0 saturated carbocycles. The fraction of sp³-hybridized carbons (Fsp3) is 0.143. The summed E-state index contributed by atoms with van der Waals surface area (Å²) in [4.78, 5) is 0. The van der Waals surface area contributed by atoms with Crippen molar-refractivity contribution in [3.63, 3.8) is 0 Å². The number of hydrogen-bond donors (Lipinski definition) is 2. The van der Waals surface area contributed by atoms with E-state index >= 15 is 0 Å². The highest BCUT2D eigenvalue weighted by Gasteiger charge is 2.33. The van der Waals surface area contributed by atoms with Gasteiger partial charge in [0.05, 0.1) is 31.7 Å². The second-order valence-corrected chi connectivity index (χ2v) is 8.58. The number of aromatic hydroxyl groups is 1. The first-order chi connectivity index (χ1) is 17.1. The van der Waals surface area contributed by atoms with Crippen molar-refractivity contribution in [2.75, 3.05) is 19.5 Å². The molecule has 4 aromatic rings. The van der Waals surface area contributed by atoms with Crippen LogP contribution in [0.25, 0.3) is 10.8 Å². The number of fused-ring (bicyclic) bond motifs is 1. The van der Waals surface area contributed by atoms with Crippen LogP contribution < -0.4 is 14.8 Å². The zero-order valence-electron chi connectivity index (χ0n) is 19.4. The zero-order chi connectivity index (χ0) is 24.4. The molecule has 0 bridgehead atoms. The van der Waals surface area contributed by atoms with Crippen LogP contribution in [0.15, 0.2) is 90.0 Å². The highest BCUT2D eigenvalue weighted by atomic mass is 32.1. The SMILES string of the molecule is COc1ccc(C2=NN(C(=S)Nc3ccccc3OC)C(c3cccc4ccccc34)C2)c(O)c1. The van der Waals surface area contributed by atoms with E-state index in [0.717, 1.165) is 27.7 Å². The second kappa shape index (κ2) is 9.64. The number of thiocarbonyl (C=S) groups is 1. The van der Waals surface area contributed by atoms with E-state index in [4.69, 9.17) is 26.8 Å². The van der Waals surface area contributed by atoms with E-state index in [9.17, 15) is 5.11 Å². The van der Waals surface area contributed by atoms with Crippen LogP contribution in [0.3, 0.4) is 0 Å². The number of ether oxygens (including phenoxy) is 2. The molecule has 1 aliphatic rings. The van der Waals surface area contributed by atoms with E-state index in [1.165, 1.54) is 0 Å². The maximum atomic E-state index is 10.7. The molecule has 35 heavy (non-hydrogen) atoms. The smallest absolute Gasteiger partial charge is 0.194 e. The van der Waals surface area contributed by atoms with Crippen LogP contribution in [-0.2, 0) is 0 Å². The normalized spacial score (nSPS) is 15.1. The summed E-state index contributed by atoms with van der Waals surface area (Å²) in [5.41, 5.74) is 3.26. The lowest BCUT2D eigenvalue weighted by molar-refractivity contribution is 0.377. The third-order valence-electron chi connectivity index (χ3n) is 6.17. The van der Waals surface area contributed by atoms with Crippen LogP contribution in [0, 0.1) is 0 Å². The molecule has 2 N–H and O–H groups in total. The number of phenols is 1. The Morgan fingerprint density at radius 1 is 0.971 bits per heavy atom. The standard InChI is InChI=1S/C28H25N3O3S/c1-33-19-14-15-22(26(32)16-19)24-17-25(21-11-7-9-18-8-3-4-10-20(18)21)31(30-24)28(35)29-23-12-5-6-13-27(23)34-2/h3-16,25,32H,17H2,1-2H3,(H,29,35). The number of benzene rings is 4. The lowest BCUT2D eigenvalue weighted by atomic mass is 9.94. The Bertz CT molecular complexity index is 1430. The van der Waals surface area contributed by atoms with Gasteiger partial charge >= 0.3 is 0 Å². The van der Waals surface area contributed by atoms with Crippen LogP contribution in [0.1, 0.15) is 23.6 Å². The molecule has 1 aliphatic heterocycles. The van der Waals surface area contributed by atoms with Gasteiger partial charge in [-0.2, -0.15) is 5.10 Å². The van der Waals surface area contributed by atoms with Gasteiger partial charge in [-0.15, -0.1) is 0 Å². The number of rotatable bonds is 5. The second-order valence-electron chi connectivity index (χ2n) is 8.19. The monoisotopic (exact) mass is 483 g/mol. The fourth-order valence-corrected chi connectivity index (χ4v) is 4.72. The quantitative estimate of drug-likeness (QED) is 0.334. The van der Waals surface area contributed by atoms with Crippen molar-refractivity contribution in [3.8, 4) is 17.2 Å². The van der Waals surface area contributed by atoms with Crippen LogP contribution >= 0.6 is 12.2 Å². The van der Waals surface area contributed by atoms with E-state index < -0.39 is 0 Å². The fourth-order valence-electron chi connectivity index (χ4n) is 4.45. The van der Waals surface area contributed by atoms with Gasteiger partial charge in [0.2, 0.25) is 0 Å². The third-order valence-corrected chi connectivity index (χ3v) is 6.45. The van der Waals surface area contributed by atoms with E-state index in [1.807, 2.05) is 53.5 Å². The Hall–Kier alpha value is -4.10. The molecule has 0 spiro atoms. The van der Waals surface area contributed by atoms with Crippen molar-refractivity contribution < 1.29 is 14.6 Å². The number of para-hydroxylation sites is 2. The van der Waals surface area contributed by atoms with E-state index in [0.29, 0.717) is 28.6 Å². The van der Waals surface area contributed by atoms with Gasteiger partial charge in [0.25, 0.3) is 0 Å². The van der Waals surface area contributed by atoms with Crippen molar-refractivity contribution in [2.45, 2.75) is 12.5 Å². The predicted molar refractivity (Wildman–Crippen MR) is 144 cm³/mol. The molecular formula is C28H25N3O3S. The maximum Gasteiger partial charge on any atom is 0.194 e. The summed E-state index contributed by atoms with van der Waals surface area (Å²) in [7, 11) is 3.20. The molecule has 0 fully saturated rings. The van der Waals surface area contributed by atoms with Gasteiger partial charge in [-0.3, -0.25) is 0 Å². The molecule has 7 heteroatoms. The van der Waals surface area contributed by atoms with Gasteiger partial charge in [-0.1, -0.05) is 54.6 Å². The van der Waals surface area contributed by atoms with Crippen LogP contribution in [0.5, 0.6) is 17.2 Å². The average molecular weight is 484 g/mol. The molecular weight excluding hydrogens is 458 g/mol. The first-order valence-electron chi connectivity index (χ1n) is 11.2. The van der Waals surface area contributed by atoms with E-state index in [1.54, 1.807) is 20.3 Å². The topological polar surface area (TPSA) is 66.3 Å². The molecule has 5 rings (SSSR count).